The first-order chi connectivity index (χ1) is 10.3. The Kier molecular flexibility index (Phi) is 11.1. The number of aliphatic hydroxyl groups excluding tert-OH is 2. The predicted octanol–water partition coefficient (Wildman–Crippen LogP) is 1.57. The number of aliphatic hydroxyl groups is 2. The minimum Gasteiger partial charge on any atom is -0.463 e. The summed E-state index contributed by atoms with van der Waals surface area (Å²) < 4.78 is 10.4. The fourth-order valence-electron chi connectivity index (χ4n) is 2.18. The number of hydrogen-bond donors (Lipinski definition) is 2. The summed E-state index contributed by atoms with van der Waals surface area (Å²) >= 11 is 0. The van der Waals surface area contributed by atoms with Gasteiger partial charge in [0, 0.05) is 19.4 Å². The second-order valence-corrected chi connectivity index (χ2v) is 5.65. The fraction of sp³-hybridized carbons (Fsp3) is 0.875. The SMILES string of the molecule is CCN=C(C)C(OC)C(O)COC(=O)C(C)CCCC(C)O. The third-order valence-corrected chi connectivity index (χ3v) is 3.48. The molecule has 0 spiro atoms. The minimum absolute atomic E-state index is 0.116. The average molecular weight is 317 g/mol. The summed E-state index contributed by atoms with van der Waals surface area (Å²) in [6, 6.07) is 0. The Morgan fingerprint density at radius 2 is 1.86 bits per heavy atom. The molecule has 0 saturated carbocycles. The van der Waals surface area contributed by atoms with Crippen LogP contribution in [0.4, 0.5) is 0 Å². The highest BCUT2D eigenvalue weighted by molar-refractivity contribution is 5.87. The Morgan fingerprint density at radius 3 is 2.36 bits per heavy atom. The molecule has 0 fully saturated rings. The monoisotopic (exact) mass is 317 g/mol. The number of carbonyl (C=O) groups excluding carboxylic acids is 1. The molecule has 0 aliphatic carbocycles. The summed E-state index contributed by atoms with van der Waals surface area (Å²) in [5, 5.41) is 19.3. The number of methoxy groups -OCH3 is 1. The number of hydrogen-bond acceptors (Lipinski definition) is 6. The number of esters is 1. The molecule has 0 aromatic carbocycles. The van der Waals surface area contributed by atoms with E-state index in [4.69, 9.17) is 9.47 Å². The fourth-order valence-corrected chi connectivity index (χ4v) is 2.18. The van der Waals surface area contributed by atoms with Crippen molar-refractivity contribution >= 4 is 11.7 Å². The number of rotatable bonds is 11. The van der Waals surface area contributed by atoms with Crippen LogP contribution in [0, 0.1) is 5.92 Å². The van der Waals surface area contributed by atoms with Crippen LogP contribution in [0.5, 0.6) is 0 Å². The summed E-state index contributed by atoms with van der Waals surface area (Å²) in [6.07, 6.45) is 0.225. The molecule has 6 heteroatoms. The van der Waals surface area contributed by atoms with Crippen molar-refractivity contribution in [3.63, 3.8) is 0 Å². The molecule has 4 atom stereocenters. The van der Waals surface area contributed by atoms with Crippen LogP contribution < -0.4 is 0 Å². The topological polar surface area (TPSA) is 88.4 Å². The molecule has 0 amide bonds. The number of ether oxygens (including phenoxy) is 2. The van der Waals surface area contributed by atoms with Gasteiger partial charge in [0.25, 0.3) is 0 Å². The van der Waals surface area contributed by atoms with Gasteiger partial charge in [0.05, 0.1) is 12.0 Å². The molecule has 0 bridgehead atoms. The molecular formula is C16H31NO5. The lowest BCUT2D eigenvalue weighted by atomic mass is 10.0. The van der Waals surface area contributed by atoms with E-state index in [-0.39, 0.29) is 24.6 Å². The van der Waals surface area contributed by atoms with Crippen LogP contribution in [-0.2, 0) is 14.3 Å². The number of nitrogens with zero attached hydrogens (tertiary/aromatic N) is 1. The Balaban J connectivity index is 4.23. The molecule has 130 valence electrons. The van der Waals surface area contributed by atoms with E-state index < -0.39 is 12.2 Å². The molecule has 0 radical (unpaired) electrons. The highest BCUT2D eigenvalue weighted by Gasteiger charge is 2.24. The lowest BCUT2D eigenvalue weighted by Crippen LogP contribution is -2.38. The van der Waals surface area contributed by atoms with Gasteiger partial charge in [-0.15, -0.1) is 0 Å². The smallest absolute Gasteiger partial charge is 0.308 e. The van der Waals surface area contributed by atoms with Crippen molar-refractivity contribution in [2.45, 2.75) is 65.3 Å². The largest absolute Gasteiger partial charge is 0.463 e. The van der Waals surface area contributed by atoms with Crippen LogP contribution in [0.2, 0.25) is 0 Å². The lowest BCUT2D eigenvalue weighted by Gasteiger charge is -2.22. The Labute approximate surface area is 133 Å². The van der Waals surface area contributed by atoms with Crippen molar-refractivity contribution in [2.75, 3.05) is 20.3 Å². The van der Waals surface area contributed by atoms with Gasteiger partial charge < -0.3 is 19.7 Å². The van der Waals surface area contributed by atoms with Crippen molar-refractivity contribution in [3.8, 4) is 0 Å². The number of aliphatic imine (C=N–C) groups is 1. The maximum Gasteiger partial charge on any atom is 0.308 e. The summed E-state index contributed by atoms with van der Waals surface area (Å²) in [7, 11) is 1.49. The first-order valence-electron chi connectivity index (χ1n) is 7.89. The van der Waals surface area contributed by atoms with E-state index in [1.807, 2.05) is 6.92 Å². The molecule has 0 aromatic rings. The maximum absolute atomic E-state index is 11.9. The van der Waals surface area contributed by atoms with E-state index in [0.29, 0.717) is 25.1 Å². The minimum atomic E-state index is -0.936. The van der Waals surface area contributed by atoms with Crippen LogP contribution >= 0.6 is 0 Å². The van der Waals surface area contributed by atoms with Gasteiger partial charge in [-0.1, -0.05) is 13.3 Å². The molecule has 2 N–H and O–H groups in total. The highest BCUT2D eigenvalue weighted by atomic mass is 16.5. The van der Waals surface area contributed by atoms with Gasteiger partial charge in [-0.25, -0.2) is 0 Å². The van der Waals surface area contributed by atoms with Crippen LogP contribution in [0.25, 0.3) is 0 Å². The van der Waals surface area contributed by atoms with E-state index in [1.54, 1.807) is 20.8 Å². The molecule has 22 heavy (non-hydrogen) atoms. The van der Waals surface area contributed by atoms with Gasteiger partial charge in [0.1, 0.15) is 18.8 Å². The van der Waals surface area contributed by atoms with Crippen molar-refractivity contribution in [3.05, 3.63) is 0 Å². The summed E-state index contributed by atoms with van der Waals surface area (Å²) in [5.41, 5.74) is 0.679. The van der Waals surface area contributed by atoms with Gasteiger partial charge in [-0.2, -0.15) is 0 Å². The molecule has 0 aliphatic heterocycles. The second kappa shape index (κ2) is 11.6. The van der Waals surface area contributed by atoms with Crippen molar-refractivity contribution in [1.29, 1.82) is 0 Å². The van der Waals surface area contributed by atoms with Crippen LogP contribution in [-0.4, -0.2) is 60.5 Å². The van der Waals surface area contributed by atoms with Crippen molar-refractivity contribution < 1.29 is 24.5 Å². The number of carbonyl (C=O) groups is 1. The second-order valence-electron chi connectivity index (χ2n) is 5.65. The molecule has 4 unspecified atom stereocenters. The van der Waals surface area contributed by atoms with Crippen LogP contribution in [0.3, 0.4) is 0 Å². The average Bonchev–Trinajstić information content (AvgIpc) is 2.45. The summed E-state index contributed by atoms with van der Waals surface area (Å²) in [6.45, 7) is 7.69. The molecule has 0 aromatic heterocycles. The van der Waals surface area contributed by atoms with Gasteiger partial charge in [-0.05, 0) is 33.6 Å². The molecule has 0 saturated heterocycles. The van der Waals surface area contributed by atoms with Crippen molar-refractivity contribution in [1.82, 2.24) is 0 Å². The van der Waals surface area contributed by atoms with E-state index in [2.05, 4.69) is 4.99 Å². The predicted molar refractivity (Wildman–Crippen MR) is 86.1 cm³/mol. The zero-order chi connectivity index (χ0) is 17.1. The normalized spacial score (nSPS) is 17.7. The molecule has 0 aliphatic rings. The standard InChI is InChI=1S/C16H31NO5/c1-6-17-13(4)15(21-5)14(19)10-22-16(20)11(2)8-7-9-12(3)18/h11-12,14-15,18-19H,6-10H2,1-5H3. The molecule has 0 rings (SSSR count). The van der Waals surface area contributed by atoms with Gasteiger partial charge in [0.2, 0.25) is 0 Å². The van der Waals surface area contributed by atoms with Crippen LogP contribution in [0.1, 0.15) is 47.0 Å². The molecular weight excluding hydrogens is 286 g/mol. The zero-order valence-corrected chi connectivity index (χ0v) is 14.4. The van der Waals surface area contributed by atoms with E-state index in [0.717, 1.165) is 6.42 Å². The first kappa shape index (κ1) is 21.0. The van der Waals surface area contributed by atoms with E-state index in [9.17, 15) is 15.0 Å². The Bertz CT molecular complexity index is 343. The Morgan fingerprint density at radius 1 is 1.23 bits per heavy atom. The maximum atomic E-state index is 11.9. The van der Waals surface area contributed by atoms with E-state index in [1.165, 1.54) is 7.11 Å². The quantitative estimate of drug-likeness (QED) is 0.446. The van der Waals surface area contributed by atoms with Gasteiger partial charge in [-0.3, -0.25) is 9.79 Å². The summed E-state index contributed by atoms with van der Waals surface area (Å²) in [4.78, 5) is 16.1. The lowest BCUT2D eigenvalue weighted by molar-refractivity contribution is -0.153. The third-order valence-electron chi connectivity index (χ3n) is 3.48. The highest BCUT2D eigenvalue weighted by Crippen LogP contribution is 2.12. The van der Waals surface area contributed by atoms with Gasteiger partial charge >= 0.3 is 5.97 Å². The Hall–Kier alpha value is -0.980. The first-order valence-corrected chi connectivity index (χ1v) is 7.89. The summed E-state index contributed by atoms with van der Waals surface area (Å²) in [5.74, 6) is -0.595. The van der Waals surface area contributed by atoms with E-state index >= 15 is 0 Å². The third kappa shape index (κ3) is 8.46. The van der Waals surface area contributed by atoms with Gasteiger partial charge in [0.15, 0.2) is 0 Å². The van der Waals surface area contributed by atoms with Crippen LogP contribution in [0.15, 0.2) is 4.99 Å². The molecule has 0 heterocycles. The molecule has 6 nitrogen and oxygen atoms in total. The zero-order valence-electron chi connectivity index (χ0n) is 14.4. The van der Waals surface area contributed by atoms with Crippen molar-refractivity contribution in [2.24, 2.45) is 10.9 Å².